The van der Waals surface area contributed by atoms with Gasteiger partial charge in [-0.05, 0) is 13.8 Å². The van der Waals surface area contributed by atoms with Crippen molar-refractivity contribution in [2.75, 3.05) is 13.7 Å². The lowest BCUT2D eigenvalue weighted by atomic mass is 10.4. The second-order valence-corrected chi connectivity index (χ2v) is 2.53. The summed E-state index contributed by atoms with van der Waals surface area (Å²) in [4.78, 5) is 0. The van der Waals surface area contributed by atoms with Crippen LogP contribution in [0.1, 0.15) is 20.3 Å². The average Bonchev–Trinajstić information content (AvgIpc) is 2.15. The van der Waals surface area contributed by atoms with Gasteiger partial charge in [0.2, 0.25) is 6.29 Å². The lowest BCUT2D eigenvalue weighted by molar-refractivity contribution is -0.0958. The van der Waals surface area contributed by atoms with E-state index in [1.807, 2.05) is 13.8 Å². The highest BCUT2D eigenvalue weighted by Crippen LogP contribution is 2.16. The Morgan fingerprint density at radius 1 is 1.36 bits per heavy atom. The zero-order valence-electron chi connectivity index (χ0n) is 7.22. The number of rotatable bonds is 1. The summed E-state index contributed by atoms with van der Waals surface area (Å²) >= 11 is 0. The first-order valence-electron chi connectivity index (χ1n) is 3.73. The standard InChI is InChI=1S/C8H14O3/c1-6-7(2)11-8(9-3)4-5-10-6/h8H,4-5H2,1-3H3. The molecule has 3 heteroatoms. The van der Waals surface area contributed by atoms with Crippen molar-refractivity contribution in [2.24, 2.45) is 0 Å². The summed E-state index contributed by atoms with van der Waals surface area (Å²) in [5.41, 5.74) is 0. The summed E-state index contributed by atoms with van der Waals surface area (Å²) in [6.07, 6.45) is 0.637. The third-order valence-corrected chi connectivity index (χ3v) is 1.74. The Kier molecular flexibility index (Phi) is 2.76. The first-order valence-corrected chi connectivity index (χ1v) is 3.73. The molecule has 0 bridgehead atoms. The molecule has 0 fully saturated rings. The van der Waals surface area contributed by atoms with E-state index >= 15 is 0 Å². The summed E-state index contributed by atoms with van der Waals surface area (Å²) in [6, 6.07) is 0. The zero-order chi connectivity index (χ0) is 8.27. The van der Waals surface area contributed by atoms with Crippen molar-refractivity contribution < 1.29 is 14.2 Å². The normalized spacial score (nSPS) is 25.5. The van der Waals surface area contributed by atoms with E-state index in [1.54, 1.807) is 7.11 Å². The van der Waals surface area contributed by atoms with Gasteiger partial charge >= 0.3 is 0 Å². The lowest BCUT2D eigenvalue weighted by Crippen LogP contribution is -2.13. The van der Waals surface area contributed by atoms with Crippen LogP contribution in [0.25, 0.3) is 0 Å². The van der Waals surface area contributed by atoms with E-state index in [0.717, 1.165) is 17.9 Å². The van der Waals surface area contributed by atoms with Gasteiger partial charge in [-0.3, -0.25) is 0 Å². The third-order valence-electron chi connectivity index (χ3n) is 1.74. The molecule has 0 aliphatic carbocycles. The molecule has 0 amide bonds. The fourth-order valence-electron chi connectivity index (χ4n) is 0.915. The lowest BCUT2D eigenvalue weighted by Gasteiger charge is -2.13. The predicted octanol–water partition coefficient (Wildman–Crippen LogP) is 1.65. The van der Waals surface area contributed by atoms with E-state index in [2.05, 4.69) is 0 Å². The Bertz CT molecular complexity index is 163. The number of hydrogen-bond donors (Lipinski definition) is 0. The van der Waals surface area contributed by atoms with Crippen molar-refractivity contribution >= 4 is 0 Å². The Morgan fingerprint density at radius 2 is 2.09 bits per heavy atom. The molecule has 0 spiro atoms. The van der Waals surface area contributed by atoms with E-state index in [4.69, 9.17) is 14.2 Å². The van der Waals surface area contributed by atoms with Crippen LogP contribution in [0.3, 0.4) is 0 Å². The molecule has 1 aliphatic heterocycles. The summed E-state index contributed by atoms with van der Waals surface area (Å²) in [5.74, 6) is 1.67. The smallest absolute Gasteiger partial charge is 0.202 e. The number of ether oxygens (including phenoxy) is 3. The maximum absolute atomic E-state index is 5.41. The van der Waals surface area contributed by atoms with Crippen LogP contribution < -0.4 is 0 Å². The van der Waals surface area contributed by atoms with Crippen LogP contribution in [0.15, 0.2) is 11.5 Å². The minimum Gasteiger partial charge on any atom is -0.494 e. The van der Waals surface area contributed by atoms with Gasteiger partial charge < -0.3 is 14.2 Å². The molecule has 3 nitrogen and oxygen atoms in total. The highest BCUT2D eigenvalue weighted by Gasteiger charge is 2.14. The first kappa shape index (κ1) is 8.40. The SMILES string of the molecule is COC1CCOC(C)=C(C)O1. The Morgan fingerprint density at radius 3 is 2.73 bits per heavy atom. The Balaban J connectivity index is 2.58. The predicted molar refractivity (Wildman–Crippen MR) is 40.8 cm³/mol. The summed E-state index contributed by atoms with van der Waals surface area (Å²) in [7, 11) is 1.64. The average molecular weight is 158 g/mol. The van der Waals surface area contributed by atoms with Crippen LogP contribution in [0.5, 0.6) is 0 Å². The summed E-state index contributed by atoms with van der Waals surface area (Å²) in [6.45, 7) is 4.45. The van der Waals surface area contributed by atoms with Gasteiger partial charge in [-0.2, -0.15) is 0 Å². The molecule has 1 unspecified atom stereocenters. The van der Waals surface area contributed by atoms with Crippen molar-refractivity contribution in [3.63, 3.8) is 0 Å². The quantitative estimate of drug-likeness (QED) is 0.580. The van der Waals surface area contributed by atoms with Gasteiger partial charge in [-0.15, -0.1) is 0 Å². The van der Waals surface area contributed by atoms with Crippen LogP contribution in [0, 0.1) is 0 Å². The van der Waals surface area contributed by atoms with Gasteiger partial charge in [0.05, 0.1) is 6.61 Å². The van der Waals surface area contributed by atoms with Gasteiger partial charge in [0.15, 0.2) is 0 Å². The fourth-order valence-corrected chi connectivity index (χ4v) is 0.915. The largest absolute Gasteiger partial charge is 0.494 e. The molecule has 0 N–H and O–H groups in total. The topological polar surface area (TPSA) is 27.7 Å². The highest BCUT2D eigenvalue weighted by atomic mass is 16.7. The molecule has 1 rings (SSSR count). The number of allylic oxidation sites excluding steroid dienone is 2. The molecule has 0 saturated carbocycles. The fraction of sp³-hybridized carbons (Fsp3) is 0.750. The molecular weight excluding hydrogens is 144 g/mol. The van der Waals surface area contributed by atoms with Crippen molar-refractivity contribution in [3.05, 3.63) is 11.5 Å². The van der Waals surface area contributed by atoms with Crippen LogP contribution in [-0.4, -0.2) is 20.0 Å². The summed E-state index contributed by atoms with van der Waals surface area (Å²) in [5, 5.41) is 0. The third kappa shape index (κ3) is 2.12. The minimum atomic E-state index is -0.146. The number of methoxy groups -OCH3 is 1. The second-order valence-electron chi connectivity index (χ2n) is 2.53. The van der Waals surface area contributed by atoms with Gasteiger partial charge in [-0.1, -0.05) is 0 Å². The van der Waals surface area contributed by atoms with E-state index in [1.165, 1.54) is 0 Å². The molecule has 11 heavy (non-hydrogen) atoms. The molecule has 1 aliphatic rings. The Labute approximate surface area is 66.9 Å². The molecule has 1 heterocycles. The molecular formula is C8H14O3. The highest BCUT2D eigenvalue weighted by molar-refractivity contribution is 4.96. The first-order chi connectivity index (χ1) is 5.24. The van der Waals surface area contributed by atoms with E-state index < -0.39 is 0 Å². The number of hydrogen-bond acceptors (Lipinski definition) is 3. The van der Waals surface area contributed by atoms with Gasteiger partial charge in [0.1, 0.15) is 11.5 Å². The minimum absolute atomic E-state index is 0.146. The summed E-state index contributed by atoms with van der Waals surface area (Å²) < 4.78 is 15.8. The molecule has 0 aromatic rings. The molecule has 0 aromatic carbocycles. The molecule has 0 aromatic heterocycles. The van der Waals surface area contributed by atoms with E-state index in [-0.39, 0.29) is 6.29 Å². The van der Waals surface area contributed by atoms with Gasteiger partial charge in [0, 0.05) is 13.5 Å². The van der Waals surface area contributed by atoms with Crippen LogP contribution in [0.4, 0.5) is 0 Å². The van der Waals surface area contributed by atoms with Crippen molar-refractivity contribution in [3.8, 4) is 0 Å². The van der Waals surface area contributed by atoms with Crippen LogP contribution >= 0.6 is 0 Å². The van der Waals surface area contributed by atoms with E-state index in [9.17, 15) is 0 Å². The van der Waals surface area contributed by atoms with Crippen LogP contribution in [-0.2, 0) is 14.2 Å². The van der Waals surface area contributed by atoms with Crippen molar-refractivity contribution in [1.82, 2.24) is 0 Å². The molecule has 0 saturated heterocycles. The monoisotopic (exact) mass is 158 g/mol. The Hall–Kier alpha value is -0.700. The zero-order valence-corrected chi connectivity index (χ0v) is 7.22. The van der Waals surface area contributed by atoms with Crippen molar-refractivity contribution in [1.29, 1.82) is 0 Å². The maximum Gasteiger partial charge on any atom is 0.202 e. The second kappa shape index (κ2) is 3.62. The molecule has 0 radical (unpaired) electrons. The van der Waals surface area contributed by atoms with Gasteiger partial charge in [0.25, 0.3) is 0 Å². The van der Waals surface area contributed by atoms with Gasteiger partial charge in [-0.25, -0.2) is 0 Å². The maximum atomic E-state index is 5.41. The van der Waals surface area contributed by atoms with Crippen molar-refractivity contribution in [2.45, 2.75) is 26.6 Å². The molecule has 64 valence electrons. The van der Waals surface area contributed by atoms with Crippen LogP contribution in [0.2, 0.25) is 0 Å². The molecule has 1 atom stereocenters. The van der Waals surface area contributed by atoms with E-state index in [0.29, 0.717) is 6.61 Å².